The molecule has 2 aromatic rings. The molecular weight excluding hydrogens is 238 g/mol. The number of hydrogen-bond donors (Lipinski definition) is 1. The quantitative estimate of drug-likeness (QED) is 0.899. The average Bonchev–Trinajstić information content (AvgIpc) is 2.92. The van der Waals surface area contributed by atoms with E-state index in [9.17, 15) is 4.79 Å². The lowest BCUT2D eigenvalue weighted by Gasteiger charge is -2.17. The van der Waals surface area contributed by atoms with E-state index >= 15 is 0 Å². The van der Waals surface area contributed by atoms with Crippen molar-refractivity contribution in [3.8, 4) is 0 Å². The first-order chi connectivity index (χ1) is 9.05. The largest absolute Gasteiger partial charge is 0.349 e. The highest BCUT2D eigenvalue weighted by atomic mass is 16.1. The Kier molecular flexibility index (Phi) is 2.81. The first kappa shape index (κ1) is 12.2. The van der Waals surface area contributed by atoms with Crippen molar-refractivity contribution in [1.82, 2.24) is 14.9 Å². The van der Waals surface area contributed by atoms with E-state index in [4.69, 9.17) is 0 Å². The van der Waals surface area contributed by atoms with Crippen LogP contribution in [-0.2, 0) is 0 Å². The zero-order valence-electron chi connectivity index (χ0n) is 11.4. The molecule has 1 saturated carbocycles. The molecule has 1 N–H and O–H groups in total. The number of carbonyl (C=O) groups is 1. The fourth-order valence-electron chi connectivity index (χ4n) is 2.93. The number of nitrogens with zero attached hydrogens (tertiary/aromatic N) is 2. The molecule has 1 unspecified atom stereocenters. The van der Waals surface area contributed by atoms with Crippen LogP contribution >= 0.6 is 0 Å². The van der Waals surface area contributed by atoms with Crippen molar-refractivity contribution >= 4 is 11.4 Å². The molecule has 1 atom stereocenters. The molecule has 0 aromatic carbocycles. The summed E-state index contributed by atoms with van der Waals surface area (Å²) in [5.74, 6) is -0.0103. The average molecular weight is 257 g/mol. The minimum Gasteiger partial charge on any atom is -0.349 e. The summed E-state index contributed by atoms with van der Waals surface area (Å²) in [6, 6.07) is 6.04. The minimum atomic E-state index is -0.0103. The van der Waals surface area contributed by atoms with Gasteiger partial charge < -0.3 is 5.32 Å². The summed E-state index contributed by atoms with van der Waals surface area (Å²) in [5.41, 5.74) is 1.86. The van der Waals surface area contributed by atoms with Crippen LogP contribution in [0.2, 0.25) is 0 Å². The van der Waals surface area contributed by atoms with Gasteiger partial charge >= 0.3 is 0 Å². The number of pyridine rings is 1. The summed E-state index contributed by atoms with van der Waals surface area (Å²) in [6.45, 7) is 4.52. The summed E-state index contributed by atoms with van der Waals surface area (Å²) in [7, 11) is 0. The highest BCUT2D eigenvalue weighted by molar-refractivity contribution is 6.00. The molecule has 0 saturated heterocycles. The maximum Gasteiger partial charge on any atom is 0.255 e. The molecule has 1 aliphatic carbocycles. The van der Waals surface area contributed by atoms with Gasteiger partial charge in [0.1, 0.15) is 0 Å². The highest BCUT2D eigenvalue weighted by Gasteiger charge is 2.32. The van der Waals surface area contributed by atoms with E-state index in [1.807, 2.05) is 24.4 Å². The standard InChI is InChI=1S/C15H19N3O/c1-15(2)7-6-11(9-15)17-14(19)12-10-16-18-8-4-3-5-13(12)18/h3-5,8,10-11H,6-7,9H2,1-2H3,(H,17,19). The third kappa shape index (κ3) is 2.35. The summed E-state index contributed by atoms with van der Waals surface area (Å²) < 4.78 is 1.73. The van der Waals surface area contributed by atoms with Crippen LogP contribution in [0.4, 0.5) is 0 Å². The third-order valence-electron chi connectivity index (χ3n) is 3.97. The Morgan fingerprint density at radius 3 is 3.05 bits per heavy atom. The Morgan fingerprint density at radius 2 is 2.32 bits per heavy atom. The van der Waals surface area contributed by atoms with Crippen LogP contribution in [0, 0.1) is 5.41 Å². The van der Waals surface area contributed by atoms with Crippen molar-refractivity contribution in [3.63, 3.8) is 0 Å². The molecule has 19 heavy (non-hydrogen) atoms. The minimum absolute atomic E-state index is 0.0103. The van der Waals surface area contributed by atoms with Gasteiger partial charge in [-0.25, -0.2) is 4.52 Å². The van der Waals surface area contributed by atoms with Crippen LogP contribution in [0.25, 0.3) is 5.52 Å². The fourth-order valence-corrected chi connectivity index (χ4v) is 2.93. The molecule has 2 heterocycles. The predicted molar refractivity (Wildman–Crippen MR) is 74.1 cm³/mol. The molecule has 1 amide bonds. The molecule has 0 aliphatic heterocycles. The fraction of sp³-hybridized carbons (Fsp3) is 0.467. The van der Waals surface area contributed by atoms with Crippen molar-refractivity contribution in [2.45, 2.75) is 39.2 Å². The van der Waals surface area contributed by atoms with E-state index in [0.717, 1.165) is 18.4 Å². The third-order valence-corrected chi connectivity index (χ3v) is 3.97. The summed E-state index contributed by atoms with van der Waals surface area (Å²) >= 11 is 0. The molecule has 100 valence electrons. The molecule has 2 aromatic heterocycles. The highest BCUT2D eigenvalue weighted by Crippen LogP contribution is 2.37. The second-order valence-corrected chi connectivity index (χ2v) is 6.17. The van der Waals surface area contributed by atoms with Crippen molar-refractivity contribution in [2.24, 2.45) is 5.41 Å². The number of fused-ring (bicyclic) bond motifs is 1. The first-order valence-corrected chi connectivity index (χ1v) is 6.78. The SMILES string of the molecule is CC1(C)CCC(NC(=O)c2cnn3ccccc23)C1. The number of aromatic nitrogens is 2. The Bertz CT molecular complexity index is 615. The molecule has 4 heteroatoms. The van der Waals surface area contributed by atoms with Crippen molar-refractivity contribution < 1.29 is 4.79 Å². The van der Waals surface area contributed by atoms with Crippen LogP contribution in [0.5, 0.6) is 0 Å². The zero-order chi connectivity index (χ0) is 13.5. The molecular formula is C15H19N3O. The van der Waals surface area contributed by atoms with Gasteiger partial charge in [-0.15, -0.1) is 0 Å². The number of nitrogens with one attached hydrogen (secondary N) is 1. The maximum atomic E-state index is 12.3. The lowest BCUT2D eigenvalue weighted by molar-refractivity contribution is 0.0937. The summed E-state index contributed by atoms with van der Waals surface area (Å²) in [5, 5.41) is 7.34. The van der Waals surface area contributed by atoms with Gasteiger partial charge in [0.15, 0.2) is 0 Å². The van der Waals surface area contributed by atoms with E-state index in [0.29, 0.717) is 17.0 Å². The van der Waals surface area contributed by atoms with Gasteiger partial charge in [0.05, 0.1) is 17.3 Å². The second-order valence-electron chi connectivity index (χ2n) is 6.17. The molecule has 0 bridgehead atoms. The normalized spacial score (nSPS) is 21.7. The first-order valence-electron chi connectivity index (χ1n) is 6.78. The zero-order valence-corrected chi connectivity index (χ0v) is 11.4. The van der Waals surface area contributed by atoms with Gasteiger partial charge in [0.2, 0.25) is 0 Å². The lowest BCUT2D eigenvalue weighted by atomic mass is 9.92. The van der Waals surface area contributed by atoms with Gasteiger partial charge in [0, 0.05) is 12.2 Å². The van der Waals surface area contributed by atoms with Gasteiger partial charge in [-0.2, -0.15) is 5.10 Å². The number of amides is 1. The molecule has 3 rings (SSSR count). The van der Waals surface area contributed by atoms with Gasteiger partial charge in [-0.1, -0.05) is 19.9 Å². The van der Waals surface area contributed by atoms with Crippen molar-refractivity contribution in [2.75, 3.05) is 0 Å². The molecule has 1 fully saturated rings. The summed E-state index contributed by atoms with van der Waals surface area (Å²) in [4.78, 5) is 12.3. The molecule has 0 spiro atoms. The van der Waals surface area contributed by atoms with E-state index < -0.39 is 0 Å². The van der Waals surface area contributed by atoms with E-state index in [1.165, 1.54) is 6.42 Å². The van der Waals surface area contributed by atoms with E-state index in [-0.39, 0.29) is 5.91 Å². The maximum absolute atomic E-state index is 12.3. The Balaban J connectivity index is 1.78. The van der Waals surface area contributed by atoms with E-state index in [1.54, 1.807) is 10.7 Å². The monoisotopic (exact) mass is 257 g/mol. The molecule has 0 radical (unpaired) electrons. The van der Waals surface area contributed by atoms with Crippen molar-refractivity contribution in [1.29, 1.82) is 0 Å². The van der Waals surface area contributed by atoms with Crippen LogP contribution in [0.3, 0.4) is 0 Å². The Labute approximate surface area is 112 Å². The summed E-state index contributed by atoms with van der Waals surface area (Å²) in [6.07, 6.45) is 6.79. The predicted octanol–water partition coefficient (Wildman–Crippen LogP) is 2.64. The van der Waals surface area contributed by atoms with Gasteiger partial charge in [-0.05, 0) is 36.8 Å². The number of hydrogen-bond acceptors (Lipinski definition) is 2. The van der Waals surface area contributed by atoms with Gasteiger partial charge in [-0.3, -0.25) is 4.79 Å². The van der Waals surface area contributed by atoms with Crippen LogP contribution in [0.15, 0.2) is 30.6 Å². The molecule has 4 nitrogen and oxygen atoms in total. The number of rotatable bonds is 2. The van der Waals surface area contributed by atoms with Crippen LogP contribution in [0.1, 0.15) is 43.5 Å². The lowest BCUT2D eigenvalue weighted by Crippen LogP contribution is -2.33. The number of carbonyl (C=O) groups excluding carboxylic acids is 1. The topological polar surface area (TPSA) is 46.4 Å². The Morgan fingerprint density at radius 1 is 1.47 bits per heavy atom. The van der Waals surface area contributed by atoms with Crippen molar-refractivity contribution in [3.05, 3.63) is 36.2 Å². The van der Waals surface area contributed by atoms with Crippen LogP contribution in [-0.4, -0.2) is 21.6 Å². The van der Waals surface area contributed by atoms with Gasteiger partial charge in [0.25, 0.3) is 5.91 Å². The smallest absolute Gasteiger partial charge is 0.255 e. The second kappa shape index (κ2) is 4.37. The van der Waals surface area contributed by atoms with Crippen LogP contribution < -0.4 is 5.32 Å². The Hall–Kier alpha value is -1.84. The molecule has 1 aliphatic rings. The van der Waals surface area contributed by atoms with E-state index in [2.05, 4.69) is 24.3 Å².